The van der Waals surface area contributed by atoms with Crippen LogP contribution in [0.4, 0.5) is 26.3 Å². The van der Waals surface area contributed by atoms with Gasteiger partial charge in [-0.3, -0.25) is 0 Å². The summed E-state index contributed by atoms with van der Waals surface area (Å²) < 4.78 is 78.1. The van der Waals surface area contributed by atoms with Crippen molar-refractivity contribution >= 4 is 17.0 Å². The van der Waals surface area contributed by atoms with Crippen LogP contribution in [0, 0.1) is 5.82 Å². The lowest BCUT2D eigenvalue weighted by molar-refractivity contribution is -0.141. The quantitative estimate of drug-likeness (QED) is 0.858. The minimum atomic E-state index is -5.13. The summed E-state index contributed by atoms with van der Waals surface area (Å²) in [6.45, 7) is 0.320. The first-order valence-electron chi connectivity index (χ1n) is 5.61. The fraction of sp³-hybridized carbons (Fsp3) is 0.250. The van der Waals surface area contributed by atoms with Crippen molar-refractivity contribution in [2.45, 2.75) is 19.0 Å². The average Bonchev–Trinajstić information content (AvgIpc) is 2.33. The van der Waals surface area contributed by atoms with Crippen molar-refractivity contribution in [3.8, 4) is 0 Å². The second kappa shape index (κ2) is 4.82. The molecule has 10 heteroatoms. The van der Waals surface area contributed by atoms with Crippen LogP contribution in [0.5, 0.6) is 0 Å². The van der Waals surface area contributed by atoms with Crippen LogP contribution in [-0.4, -0.2) is 21.0 Å². The first-order chi connectivity index (χ1) is 9.91. The van der Waals surface area contributed by atoms with Crippen molar-refractivity contribution < 1.29 is 36.2 Å². The number of carboxylic acid groups (broad SMARTS) is 1. The number of carbonyl (C=O) groups is 1. The highest BCUT2D eigenvalue weighted by molar-refractivity contribution is 5.93. The molecule has 1 N–H and O–H groups in total. The zero-order chi connectivity index (χ0) is 16.9. The van der Waals surface area contributed by atoms with Crippen LogP contribution < -0.4 is 0 Å². The monoisotopic (exact) mass is 324 g/mol. The zero-order valence-electron chi connectivity index (χ0n) is 10.7. The van der Waals surface area contributed by atoms with E-state index in [4.69, 9.17) is 5.11 Å². The molecular weight excluding hydrogens is 318 g/mol. The van der Waals surface area contributed by atoms with Crippen molar-refractivity contribution in [2.75, 3.05) is 0 Å². The number of pyridine rings is 2. The summed E-state index contributed by atoms with van der Waals surface area (Å²) in [4.78, 5) is 16.9. The second-order valence-electron chi connectivity index (χ2n) is 4.44. The van der Waals surface area contributed by atoms with Crippen LogP contribution in [0.25, 0.3) is 11.0 Å². The van der Waals surface area contributed by atoms with E-state index in [0.717, 1.165) is 0 Å². The van der Waals surface area contributed by atoms with Gasteiger partial charge < -0.3 is 5.11 Å². The number of nitrogens with zero attached hydrogens (tertiary/aromatic N) is 2. The fourth-order valence-electron chi connectivity index (χ4n) is 1.77. The van der Waals surface area contributed by atoms with E-state index in [2.05, 4.69) is 9.97 Å². The van der Waals surface area contributed by atoms with E-state index in [-0.39, 0.29) is 0 Å². The van der Waals surface area contributed by atoms with Gasteiger partial charge in [-0.1, -0.05) is 0 Å². The number of aromatic carboxylic acids is 1. The Morgan fingerprint density at radius 2 is 1.64 bits per heavy atom. The molecule has 2 rings (SSSR count). The molecule has 0 spiro atoms. The molecule has 0 saturated heterocycles. The van der Waals surface area contributed by atoms with Crippen molar-refractivity contribution in [3.63, 3.8) is 0 Å². The van der Waals surface area contributed by atoms with Gasteiger partial charge in [-0.05, 0) is 12.1 Å². The Morgan fingerprint density at radius 1 is 1.09 bits per heavy atom. The van der Waals surface area contributed by atoms with Gasteiger partial charge in [0, 0.05) is 12.3 Å². The highest BCUT2D eigenvalue weighted by Crippen LogP contribution is 2.34. The van der Waals surface area contributed by atoms with Crippen LogP contribution in [0.1, 0.15) is 28.7 Å². The lowest BCUT2D eigenvalue weighted by Gasteiger charge is -2.13. The Kier molecular flexibility index (Phi) is 3.50. The number of fused-ring (bicyclic) bond motifs is 1. The summed E-state index contributed by atoms with van der Waals surface area (Å²) >= 11 is 0. The molecule has 4 nitrogen and oxygen atoms in total. The van der Waals surface area contributed by atoms with Gasteiger partial charge in [0.2, 0.25) is 0 Å². The zero-order valence-corrected chi connectivity index (χ0v) is 10.7. The molecule has 0 aliphatic carbocycles. The summed E-state index contributed by atoms with van der Waals surface area (Å²) in [5.74, 6) is -7.14. The van der Waals surface area contributed by atoms with Crippen LogP contribution in [-0.2, 0) is 12.1 Å². The summed E-state index contributed by atoms with van der Waals surface area (Å²) in [5, 5.41) is 8.33. The summed E-state index contributed by atoms with van der Waals surface area (Å²) in [7, 11) is 0. The molecule has 0 amide bonds. The van der Waals surface area contributed by atoms with Crippen LogP contribution >= 0.6 is 0 Å². The summed E-state index contributed by atoms with van der Waals surface area (Å²) in [5.41, 5.74) is -5.21. The van der Waals surface area contributed by atoms with E-state index in [1.807, 2.05) is 0 Å². The first kappa shape index (κ1) is 16.0. The lowest BCUT2D eigenvalue weighted by Crippen LogP contribution is -2.17. The Hall–Kier alpha value is -2.39. The van der Waals surface area contributed by atoms with Gasteiger partial charge in [-0.15, -0.1) is 0 Å². The van der Waals surface area contributed by atoms with E-state index in [1.54, 1.807) is 0 Å². The third kappa shape index (κ3) is 2.81. The van der Waals surface area contributed by atoms with Gasteiger partial charge >= 0.3 is 12.1 Å². The first-order valence-corrected chi connectivity index (χ1v) is 5.61. The number of carboxylic acids is 1. The maximum absolute atomic E-state index is 13.5. The molecular formula is C12H6F6N2O2. The third-order valence-corrected chi connectivity index (χ3v) is 2.67. The Bertz CT molecular complexity index is 767. The summed E-state index contributed by atoms with van der Waals surface area (Å²) in [6.07, 6.45) is -5.13. The van der Waals surface area contributed by atoms with Gasteiger partial charge in [0.05, 0.1) is 5.56 Å². The van der Waals surface area contributed by atoms with E-state index in [1.165, 1.54) is 0 Å². The molecule has 0 fully saturated rings. The molecule has 0 bridgehead atoms. The van der Waals surface area contributed by atoms with E-state index < -0.39 is 51.9 Å². The van der Waals surface area contributed by atoms with Crippen molar-refractivity contribution in [1.29, 1.82) is 0 Å². The molecule has 0 aliphatic heterocycles. The Morgan fingerprint density at radius 3 is 2.09 bits per heavy atom. The van der Waals surface area contributed by atoms with E-state index >= 15 is 0 Å². The number of rotatable bonds is 2. The minimum absolute atomic E-state index is 0.320. The average molecular weight is 324 g/mol. The number of alkyl halides is 5. The smallest absolute Gasteiger partial charge is 0.434 e. The fourth-order valence-corrected chi connectivity index (χ4v) is 1.77. The van der Waals surface area contributed by atoms with Crippen LogP contribution in [0.15, 0.2) is 12.1 Å². The standard InChI is InChI=1S/C12H6F6N2O2/c1-11(14,15)8-6(13)3-4-2-5(10(21)22)7(12(16,17)18)19-9(4)20-8/h2-3H,1H3,(H,21,22). The normalized spacial score (nSPS) is 12.7. The maximum atomic E-state index is 13.5. The SMILES string of the molecule is CC(F)(F)c1nc2nc(C(F)(F)F)c(C(=O)O)cc2cc1F. The van der Waals surface area contributed by atoms with E-state index in [9.17, 15) is 31.1 Å². The number of hydrogen-bond donors (Lipinski definition) is 1. The molecule has 0 aliphatic rings. The van der Waals surface area contributed by atoms with Crippen LogP contribution in [0.2, 0.25) is 0 Å². The predicted octanol–water partition coefficient (Wildman–Crippen LogP) is 3.60. The largest absolute Gasteiger partial charge is 0.478 e. The second-order valence-corrected chi connectivity index (χ2v) is 4.44. The lowest BCUT2D eigenvalue weighted by atomic mass is 10.1. The molecule has 0 aromatic carbocycles. The third-order valence-electron chi connectivity index (χ3n) is 2.67. The molecule has 0 atom stereocenters. The summed E-state index contributed by atoms with van der Waals surface area (Å²) in [6, 6.07) is 0.954. The molecule has 2 aromatic rings. The van der Waals surface area contributed by atoms with Crippen LogP contribution in [0.3, 0.4) is 0 Å². The van der Waals surface area contributed by atoms with Gasteiger partial charge in [0.1, 0.15) is 5.69 Å². The Balaban J connectivity index is 2.84. The maximum Gasteiger partial charge on any atom is 0.434 e. The molecule has 2 heterocycles. The highest BCUT2D eigenvalue weighted by Gasteiger charge is 2.38. The van der Waals surface area contributed by atoms with Gasteiger partial charge in [-0.25, -0.2) is 19.2 Å². The van der Waals surface area contributed by atoms with Crippen molar-refractivity contribution in [1.82, 2.24) is 9.97 Å². The topological polar surface area (TPSA) is 63.1 Å². The van der Waals surface area contributed by atoms with Crippen molar-refractivity contribution in [3.05, 3.63) is 34.9 Å². The highest BCUT2D eigenvalue weighted by atomic mass is 19.4. The molecule has 22 heavy (non-hydrogen) atoms. The van der Waals surface area contributed by atoms with Gasteiger partial charge in [0.15, 0.2) is 17.2 Å². The molecule has 0 radical (unpaired) electrons. The Labute approximate surface area is 118 Å². The molecule has 2 aromatic heterocycles. The number of aromatic nitrogens is 2. The number of hydrogen-bond acceptors (Lipinski definition) is 3. The predicted molar refractivity (Wildman–Crippen MR) is 61.0 cm³/mol. The number of halogens is 6. The van der Waals surface area contributed by atoms with Crippen molar-refractivity contribution in [2.24, 2.45) is 0 Å². The molecule has 0 saturated carbocycles. The minimum Gasteiger partial charge on any atom is -0.478 e. The van der Waals surface area contributed by atoms with Gasteiger partial charge in [-0.2, -0.15) is 22.0 Å². The van der Waals surface area contributed by atoms with E-state index in [0.29, 0.717) is 19.1 Å². The molecule has 118 valence electrons. The van der Waals surface area contributed by atoms with Gasteiger partial charge in [0.25, 0.3) is 5.92 Å². The molecule has 0 unspecified atom stereocenters.